The molecule has 1 amide bonds. The number of fused-ring (bicyclic) bond motifs is 1. The van der Waals surface area contributed by atoms with E-state index in [1.807, 2.05) is 34.7 Å². The van der Waals surface area contributed by atoms with Gasteiger partial charge in [-0.15, -0.1) is 11.3 Å². The average molecular weight is 504 g/mol. The van der Waals surface area contributed by atoms with Crippen molar-refractivity contribution in [1.82, 2.24) is 9.80 Å². The highest BCUT2D eigenvalue weighted by Crippen LogP contribution is 2.46. The average Bonchev–Trinajstić information content (AvgIpc) is 3.53. The Kier molecular flexibility index (Phi) is 7.77. The molecule has 0 bridgehead atoms. The third-order valence-corrected chi connectivity index (χ3v) is 7.98. The van der Waals surface area contributed by atoms with Crippen LogP contribution in [0.15, 0.2) is 44.9 Å². The highest BCUT2D eigenvalue weighted by molar-refractivity contribution is 8.16. The number of esters is 2. The molecule has 4 heterocycles. The second-order valence-electron chi connectivity index (χ2n) is 8.22. The van der Waals surface area contributed by atoms with Crippen molar-refractivity contribution >= 4 is 46.1 Å². The fourth-order valence-corrected chi connectivity index (χ4v) is 6.31. The van der Waals surface area contributed by atoms with Crippen LogP contribution in [0, 0.1) is 5.92 Å². The van der Waals surface area contributed by atoms with Gasteiger partial charge in [0.2, 0.25) is 5.91 Å². The van der Waals surface area contributed by atoms with Gasteiger partial charge in [-0.3, -0.25) is 9.59 Å². The molecule has 0 radical (unpaired) electrons. The van der Waals surface area contributed by atoms with Gasteiger partial charge in [-0.25, -0.2) is 9.79 Å². The summed E-state index contributed by atoms with van der Waals surface area (Å²) in [6.45, 7) is 5.09. The molecule has 3 aliphatic heterocycles. The maximum atomic E-state index is 13.3. The molecule has 10 heteroatoms. The number of hydrogen-bond donors (Lipinski definition) is 0. The van der Waals surface area contributed by atoms with Crippen molar-refractivity contribution in [1.29, 1.82) is 0 Å². The lowest BCUT2D eigenvalue weighted by molar-refractivity contribution is -0.151. The molecular formula is C24H29N3O5S2. The third kappa shape index (κ3) is 4.79. The number of rotatable bonds is 7. The lowest BCUT2D eigenvalue weighted by Gasteiger charge is -2.37. The maximum absolute atomic E-state index is 13.3. The van der Waals surface area contributed by atoms with Crippen LogP contribution in [-0.4, -0.2) is 59.6 Å². The fourth-order valence-electron chi connectivity index (χ4n) is 4.55. The van der Waals surface area contributed by atoms with Crippen molar-refractivity contribution in [2.24, 2.45) is 10.9 Å². The molecule has 1 aromatic heterocycles. The fraction of sp³-hybridized carbons (Fsp3) is 0.500. The second kappa shape index (κ2) is 10.8. The first kappa shape index (κ1) is 24.5. The van der Waals surface area contributed by atoms with E-state index < -0.39 is 12.0 Å². The Balaban J connectivity index is 1.58. The van der Waals surface area contributed by atoms with Gasteiger partial charge < -0.3 is 19.3 Å². The summed E-state index contributed by atoms with van der Waals surface area (Å²) in [6, 6.07) is 3.55. The molecule has 0 saturated carbocycles. The van der Waals surface area contributed by atoms with Crippen LogP contribution in [-0.2, 0) is 23.9 Å². The summed E-state index contributed by atoms with van der Waals surface area (Å²) in [5.74, 6) is -0.971. The van der Waals surface area contributed by atoms with Gasteiger partial charge >= 0.3 is 11.9 Å². The minimum Gasteiger partial charge on any atom is -0.466 e. The molecule has 2 atom stereocenters. The Labute approximate surface area is 207 Å². The van der Waals surface area contributed by atoms with Gasteiger partial charge in [-0.2, -0.15) is 0 Å². The van der Waals surface area contributed by atoms with E-state index in [-0.39, 0.29) is 24.2 Å². The Hall–Kier alpha value is -2.59. The number of piperidine rings is 1. The van der Waals surface area contributed by atoms with Gasteiger partial charge in [0.25, 0.3) is 0 Å². The molecule has 8 nitrogen and oxygen atoms in total. The van der Waals surface area contributed by atoms with Gasteiger partial charge in [-0.05, 0) is 43.0 Å². The minimum atomic E-state index is -0.408. The van der Waals surface area contributed by atoms with E-state index in [2.05, 4.69) is 0 Å². The Morgan fingerprint density at radius 1 is 1.26 bits per heavy atom. The van der Waals surface area contributed by atoms with Crippen LogP contribution in [0.25, 0.3) is 0 Å². The first-order chi connectivity index (χ1) is 16.5. The minimum absolute atomic E-state index is 0.0445. The van der Waals surface area contributed by atoms with Crippen molar-refractivity contribution in [3.63, 3.8) is 0 Å². The molecule has 0 aromatic carbocycles. The van der Waals surface area contributed by atoms with Gasteiger partial charge in [0, 0.05) is 23.7 Å². The van der Waals surface area contributed by atoms with Gasteiger partial charge in [0.1, 0.15) is 6.04 Å². The van der Waals surface area contributed by atoms with Crippen molar-refractivity contribution in [2.45, 2.75) is 45.6 Å². The van der Waals surface area contributed by atoms with Crippen LogP contribution in [0.1, 0.15) is 50.4 Å². The molecule has 1 aromatic rings. The molecule has 182 valence electrons. The summed E-state index contributed by atoms with van der Waals surface area (Å²) in [7, 11) is 1.38. The second-order valence-corrected chi connectivity index (χ2v) is 10.0. The van der Waals surface area contributed by atoms with Gasteiger partial charge in [0.05, 0.1) is 37.3 Å². The SMILES string of the molecule is CCOC(=O)[C@@H]1CCCN(C(=O)CC2=CSC3=NC(CC)=C(C(=O)OC)[C@H](c4cccs4)N23)C1. The number of aliphatic imine (C=N–C) groups is 1. The van der Waals surface area contributed by atoms with Crippen molar-refractivity contribution in [3.8, 4) is 0 Å². The number of carbonyl (C=O) groups excluding carboxylic acids is 3. The van der Waals surface area contributed by atoms with E-state index in [4.69, 9.17) is 14.5 Å². The predicted molar refractivity (Wildman–Crippen MR) is 132 cm³/mol. The zero-order valence-corrected chi connectivity index (χ0v) is 21.2. The molecule has 4 rings (SSSR count). The molecule has 0 spiro atoms. The summed E-state index contributed by atoms with van der Waals surface area (Å²) < 4.78 is 10.3. The van der Waals surface area contributed by atoms with E-state index in [1.165, 1.54) is 18.9 Å². The number of amides is 1. The number of thiophene rings is 1. The van der Waals surface area contributed by atoms with Crippen LogP contribution in [0.2, 0.25) is 0 Å². The molecule has 34 heavy (non-hydrogen) atoms. The number of ether oxygens (including phenoxy) is 2. The van der Waals surface area contributed by atoms with Crippen LogP contribution in [0.5, 0.6) is 0 Å². The number of allylic oxidation sites excluding steroid dienone is 1. The summed E-state index contributed by atoms with van der Waals surface area (Å²) in [5.41, 5.74) is 2.01. The predicted octanol–water partition coefficient (Wildman–Crippen LogP) is 4.08. The number of hydrogen-bond acceptors (Lipinski definition) is 9. The maximum Gasteiger partial charge on any atom is 0.338 e. The Morgan fingerprint density at radius 3 is 2.76 bits per heavy atom. The number of thioether (sulfide) groups is 1. The molecule has 0 N–H and O–H groups in total. The lowest BCUT2D eigenvalue weighted by atomic mass is 9.97. The number of amidine groups is 1. The third-order valence-electron chi connectivity index (χ3n) is 6.17. The first-order valence-electron chi connectivity index (χ1n) is 11.5. The van der Waals surface area contributed by atoms with Crippen LogP contribution in [0.4, 0.5) is 0 Å². The number of nitrogens with zero attached hydrogens (tertiary/aromatic N) is 3. The monoisotopic (exact) mass is 503 g/mol. The highest BCUT2D eigenvalue weighted by atomic mass is 32.2. The molecule has 3 aliphatic rings. The molecule has 0 unspecified atom stereocenters. The van der Waals surface area contributed by atoms with E-state index >= 15 is 0 Å². The first-order valence-corrected chi connectivity index (χ1v) is 13.3. The molecule has 1 fully saturated rings. The quantitative estimate of drug-likeness (QED) is 0.518. The normalized spacial score (nSPS) is 22.2. The summed E-state index contributed by atoms with van der Waals surface area (Å²) in [5, 5.41) is 4.67. The van der Waals surface area contributed by atoms with Crippen molar-refractivity contribution in [3.05, 3.63) is 44.8 Å². The number of likely N-dealkylation sites (tertiary alicyclic amines) is 1. The lowest BCUT2D eigenvalue weighted by Crippen LogP contribution is -2.44. The van der Waals surface area contributed by atoms with E-state index in [0.29, 0.717) is 37.4 Å². The van der Waals surface area contributed by atoms with E-state index in [0.717, 1.165) is 28.6 Å². The Bertz CT molecular complexity index is 1050. The summed E-state index contributed by atoms with van der Waals surface area (Å²) in [6.07, 6.45) is 2.27. The smallest absolute Gasteiger partial charge is 0.338 e. The van der Waals surface area contributed by atoms with Crippen LogP contribution >= 0.6 is 23.1 Å². The summed E-state index contributed by atoms with van der Waals surface area (Å²) in [4.78, 5) is 47.8. The summed E-state index contributed by atoms with van der Waals surface area (Å²) >= 11 is 3.02. The van der Waals surface area contributed by atoms with Gasteiger partial charge in [-0.1, -0.05) is 24.8 Å². The van der Waals surface area contributed by atoms with Crippen molar-refractivity contribution in [2.75, 3.05) is 26.8 Å². The van der Waals surface area contributed by atoms with Crippen molar-refractivity contribution < 1.29 is 23.9 Å². The zero-order valence-electron chi connectivity index (χ0n) is 19.6. The Morgan fingerprint density at radius 2 is 2.09 bits per heavy atom. The highest BCUT2D eigenvalue weighted by Gasteiger charge is 2.42. The van der Waals surface area contributed by atoms with Gasteiger partial charge in [0.15, 0.2) is 5.17 Å². The standard InChI is InChI=1S/C24H29N3O5S2/c1-4-17-20(23(30)31-3)21(18-9-7-11-33-18)27-16(14-34-24(27)25-17)12-19(28)26-10-6-8-15(13-26)22(29)32-5-2/h7,9,11,14-15,21H,4-6,8,10,12-13H2,1-3H3/t15-,21+/m1/s1. The number of carbonyl (C=O) groups is 3. The topological polar surface area (TPSA) is 88.5 Å². The van der Waals surface area contributed by atoms with E-state index in [1.54, 1.807) is 23.2 Å². The zero-order chi connectivity index (χ0) is 24.2. The molecule has 0 aliphatic carbocycles. The molecular weight excluding hydrogens is 474 g/mol. The van der Waals surface area contributed by atoms with E-state index in [9.17, 15) is 14.4 Å². The van der Waals surface area contributed by atoms with Crippen LogP contribution in [0.3, 0.4) is 0 Å². The number of methoxy groups -OCH3 is 1. The largest absolute Gasteiger partial charge is 0.466 e. The molecule has 1 saturated heterocycles. The van der Waals surface area contributed by atoms with Crippen LogP contribution < -0.4 is 0 Å².